The smallest absolute Gasteiger partial charge is 0.136 e. The van der Waals surface area contributed by atoms with Crippen LogP contribution in [0.2, 0.25) is 0 Å². The summed E-state index contributed by atoms with van der Waals surface area (Å²) in [7, 11) is 0. The van der Waals surface area contributed by atoms with Crippen molar-refractivity contribution in [2.24, 2.45) is 0 Å². The molecule has 1 aliphatic rings. The molecule has 0 bridgehead atoms. The highest BCUT2D eigenvalue weighted by Crippen LogP contribution is 2.10. The number of carbonyl (C=O) groups is 1. The van der Waals surface area contributed by atoms with E-state index in [4.69, 9.17) is 0 Å². The number of phenols is 1. The molecule has 2 atom stereocenters. The van der Waals surface area contributed by atoms with E-state index in [1.807, 2.05) is 24.4 Å². The molecular formula is C14H15NO3. The Balaban J connectivity index is 2.11. The van der Waals surface area contributed by atoms with Gasteiger partial charge in [-0.1, -0.05) is 18.2 Å². The van der Waals surface area contributed by atoms with Gasteiger partial charge in [0.25, 0.3) is 0 Å². The van der Waals surface area contributed by atoms with E-state index in [0.717, 1.165) is 10.5 Å². The Bertz CT molecular complexity index is 476. The highest BCUT2D eigenvalue weighted by Gasteiger charge is 2.22. The van der Waals surface area contributed by atoms with Crippen molar-refractivity contribution in [2.75, 3.05) is 6.54 Å². The van der Waals surface area contributed by atoms with Crippen molar-refractivity contribution in [3.8, 4) is 5.75 Å². The van der Waals surface area contributed by atoms with Crippen LogP contribution < -0.4 is 10.0 Å². The van der Waals surface area contributed by atoms with E-state index < -0.39 is 12.0 Å². The van der Waals surface area contributed by atoms with Crippen molar-refractivity contribution in [3.05, 3.63) is 54.3 Å². The summed E-state index contributed by atoms with van der Waals surface area (Å²) in [5, 5.41) is 20.4. The van der Waals surface area contributed by atoms with Crippen LogP contribution in [0.5, 0.6) is 5.75 Å². The highest BCUT2D eigenvalue weighted by atomic mass is 16.4. The number of phenolic OH excluding ortho intramolecular Hbond substituents is 1. The summed E-state index contributed by atoms with van der Waals surface area (Å²) in [6, 6.07) is 5.96. The van der Waals surface area contributed by atoms with Gasteiger partial charge in [-0.05, 0) is 29.8 Å². The number of carboxylic acids is 1. The number of hydrogen-bond acceptors (Lipinski definition) is 3. The lowest BCUT2D eigenvalue weighted by Crippen LogP contribution is -3.13. The largest absolute Gasteiger partial charge is 0.544 e. The minimum atomic E-state index is -1.06. The zero-order valence-corrected chi connectivity index (χ0v) is 9.87. The molecule has 2 N–H and O–H groups in total. The summed E-state index contributed by atoms with van der Waals surface area (Å²) < 4.78 is 0. The molecule has 4 nitrogen and oxygen atoms in total. The van der Waals surface area contributed by atoms with Gasteiger partial charge in [-0.15, -0.1) is 0 Å². The van der Waals surface area contributed by atoms with Gasteiger partial charge in [-0.2, -0.15) is 0 Å². The predicted octanol–water partition coefficient (Wildman–Crippen LogP) is -0.978. The molecular weight excluding hydrogens is 230 g/mol. The molecule has 4 heteroatoms. The third kappa shape index (κ3) is 2.99. The summed E-state index contributed by atoms with van der Waals surface area (Å²) in [6.45, 7) is 0.646. The molecule has 0 amide bonds. The van der Waals surface area contributed by atoms with Gasteiger partial charge < -0.3 is 15.0 Å². The van der Waals surface area contributed by atoms with E-state index in [2.05, 4.69) is 0 Å². The van der Waals surface area contributed by atoms with Gasteiger partial charge in [0.1, 0.15) is 18.3 Å². The molecule has 0 fully saturated rings. The zero-order valence-electron chi connectivity index (χ0n) is 9.87. The normalized spacial score (nSPS) is 19.7. The average Bonchev–Trinajstić information content (AvgIpc) is 2.38. The number of aromatic hydroxyl groups is 1. The molecule has 0 radical (unpaired) electrons. The molecule has 0 aliphatic carbocycles. The number of nitrogens with one attached hydrogen (secondary N) is 1. The fourth-order valence-corrected chi connectivity index (χ4v) is 2.02. The maximum absolute atomic E-state index is 11.2. The average molecular weight is 245 g/mol. The van der Waals surface area contributed by atoms with Crippen LogP contribution in [0.15, 0.2) is 48.7 Å². The monoisotopic (exact) mass is 245 g/mol. The van der Waals surface area contributed by atoms with Crippen molar-refractivity contribution in [2.45, 2.75) is 12.5 Å². The molecule has 0 saturated heterocycles. The molecule has 0 saturated carbocycles. The van der Waals surface area contributed by atoms with E-state index in [1.165, 1.54) is 0 Å². The Morgan fingerprint density at radius 2 is 2.06 bits per heavy atom. The van der Waals surface area contributed by atoms with Crippen LogP contribution in [0.25, 0.3) is 0 Å². The highest BCUT2D eigenvalue weighted by molar-refractivity contribution is 5.70. The summed E-state index contributed by atoms with van der Waals surface area (Å²) in [5.74, 6) is -0.880. The standard InChI is InChI=1S/C14H15NO3/c16-12-6-4-11(5-7-12)10-13(14(17)18)15-8-2-1-3-9-15/h1-8,13,16H,9-10H2,(H,17,18)/t13-/m0/s1. The van der Waals surface area contributed by atoms with Gasteiger partial charge in [-0.25, -0.2) is 0 Å². The first-order valence-corrected chi connectivity index (χ1v) is 5.84. The summed E-state index contributed by atoms with van der Waals surface area (Å²) in [5.41, 5.74) is 0.873. The van der Waals surface area contributed by atoms with Gasteiger partial charge in [0.15, 0.2) is 0 Å². The van der Waals surface area contributed by atoms with Crippen LogP contribution in [0.3, 0.4) is 0 Å². The maximum Gasteiger partial charge on any atom is 0.136 e. The number of aliphatic carboxylic acids is 1. The Morgan fingerprint density at radius 3 is 2.61 bits per heavy atom. The summed E-state index contributed by atoms with van der Waals surface area (Å²) >= 11 is 0. The van der Waals surface area contributed by atoms with Crippen molar-refractivity contribution < 1.29 is 19.9 Å². The number of quaternary nitrogens is 1. The van der Waals surface area contributed by atoms with Gasteiger partial charge in [0.2, 0.25) is 0 Å². The van der Waals surface area contributed by atoms with Gasteiger partial charge in [-0.3, -0.25) is 4.90 Å². The molecule has 1 aliphatic heterocycles. The van der Waals surface area contributed by atoms with Crippen LogP contribution in [-0.4, -0.2) is 23.7 Å². The first kappa shape index (κ1) is 12.4. The maximum atomic E-state index is 11.2. The van der Waals surface area contributed by atoms with Crippen LogP contribution in [-0.2, 0) is 11.2 Å². The summed E-state index contributed by atoms with van der Waals surface area (Å²) in [6.07, 6.45) is 7.89. The minimum absolute atomic E-state index is 0.178. The SMILES string of the molecule is O=C([O-])[C@H](Cc1ccc(O)cc1)[NH+]1C=CC=CC1. The van der Waals surface area contributed by atoms with E-state index >= 15 is 0 Å². The van der Waals surface area contributed by atoms with E-state index in [9.17, 15) is 15.0 Å². The van der Waals surface area contributed by atoms with Gasteiger partial charge >= 0.3 is 0 Å². The van der Waals surface area contributed by atoms with Crippen molar-refractivity contribution >= 4 is 5.97 Å². The first-order valence-electron chi connectivity index (χ1n) is 5.84. The zero-order chi connectivity index (χ0) is 13.0. The minimum Gasteiger partial charge on any atom is -0.544 e. The molecule has 1 unspecified atom stereocenters. The van der Waals surface area contributed by atoms with Crippen LogP contribution in [0.1, 0.15) is 5.56 Å². The first-order chi connectivity index (χ1) is 8.66. The topological polar surface area (TPSA) is 64.8 Å². The second-order valence-corrected chi connectivity index (χ2v) is 4.31. The Kier molecular flexibility index (Phi) is 3.79. The van der Waals surface area contributed by atoms with Crippen LogP contribution in [0.4, 0.5) is 0 Å². The Morgan fingerprint density at radius 1 is 1.33 bits per heavy atom. The third-order valence-corrected chi connectivity index (χ3v) is 3.02. The van der Waals surface area contributed by atoms with E-state index in [1.54, 1.807) is 24.3 Å². The fraction of sp³-hybridized carbons (Fsp3) is 0.214. The van der Waals surface area contributed by atoms with Crippen molar-refractivity contribution in [3.63, 3.8) is 0 Å². The lowest BCUT2D eigenvalue weighted by molar-refractivity contribution is -0.861. The number of carboxylic acid groups (broad SMARTS) is 1. The van der Waals surface area contributed by atoms with Crippen molar-refractivity contribution in [1.29, 1.82) is 0 Å². The predicted molar refractivity (Wildman–Crippen MR) is 64.7 cm³/mol. The molecule has 2 rings (SSSR count). The van der Waals surface area contributed by atoms with Gasteiger partial charge in [0.05, 0.1) is 12.2 Å². The Hall–Kier alpha value is -2.07. The number of allylic oxidation sites excluding steroid dienone is 2. The lowest BCUT2D eigenvalue weighted by Gasteiger charge is -2.26. The lowest BCUT2D eigenvalue weighted by atomic mass is 10.0. The van der Waals surface area contributed by atoms with Crippen molar-refractivity contribution in [1.82, 2.24) is 0 Å². The second-order valence-electron chi connectivity index (χ2n) is 4.31. The summed E-state index contributed by atoms with van der Waals surface area (Å²) in [4.78, 5) is 12.1. The van der Waals surface area contributed by atoms with Gasteiger partial charge in [0, 0.05) is 6.42 Å². The Labute approximate surface area is 105 Å². The van der Waals surface area contributed by atoms with E-state index in [-0.39, 0.29) is 5.75 Å². The van der Waals surface area contributed by atoms with Crippen LogP contribution >= 0.6 is 0 Å². The number of rotatable bonds is 4. The quantitative estimate of drug-likeness (QED) is 0.717. The molecule has 1 aromatic rings. The van der Waals surface area contributed by atoms with Crippen LogP contribution in [0, 0.1) is 0 Å². The fourth-order valence-electron chi connectivity index (χ4n) is 2.02. The molecule has 18 heavy (non-hydrogen) atoms. The third-order valence-electron chi connectivity index (χ3n) is 3.02. The molecule has 1 aromatic carbocycles. The number of hydrogen-bond donors (Lipinski definition) is 2. The molecule has 0 spiro atoms. The number of carbonyl (C=O) groups excluding carboxylic acids is 1. The second kappa shape index (κ2) is 5.51. The molecule has 0 aromatic heterocycles. The van der Waals surface area contributed by atoms with E-state index in [0.29, 0.717) is 13.0 Å². The number of benzene rings is 1. The molecule has 94 valence electrons. The molecule has 1 heterocycles.